The zero-order valence-electron chi connectivity index (χ0n) is 22.6. The zero-order valence-corrected chi connectivity index (χ0v) is 28.9. The molecule has 0 radical (unpaired) electrons. The van der Waals surface area contributed by atoms with Gasteiger partial charge in [0, 0.05) is 45.9 Å². The summed E-state index contributed by atoms with van der Waals surface area (Å²) in [6.45, 7) is 0. The van der Waals surface area contributed by atoms with E-state index in [1.807, 2.05) is 42.5 Å². The molecule has 4 aromatic carbocycles. The molecule has 2 amide bonds. The number of ether oxygens (including phenoxy) is 1. The first-order valence-electron chi connectivity index (χ1n) is 13.0. The van der Waals surface area contributed by atoms with Crippen molar-refractivity contribution in [3.05, 3.63) is 125 Å². The third kappa shape index (κ3) is 6.84. The Hall–Kier alpha value is -3.58. The molecule has 7 nitrogen and oxygen atoms in total. The van der Waals surface area contributed by atoms with Crippen LogP contribution in [0.25, 0.3) is 20.2 Å². The summed E-state index contributed by atoms with van der Waals surface area (Å²) in [5.74, 6) is -1.19. The number of benzene rings is 4. The Morgan fingerprint density at radius 3 is 2.20 bits per heavy atom. The van der Waals surface area contributed by atoms with Gasteiger partial charge < -0.3 is 10.1 Å². The van der Waals surface area contributed by atoms with Gasteiger partial charge in [0.15, 0.2) is 0 Å². The van der Waals surface area contributed by atoms with Crippen LogP contribution in [0.5, 0.6) is 5.75 Å². The third-order valence-corrected chi connectivity index (χ3v) is 10.8. The molecule has 13 heteroatoms. The van der Waals surface area contributed by atoms with E-state index in [2.05, 4.69) is 47.7 Å². The highest BCUT2D eigenvalue weighted by atomic mass is 79.9. The van der Waals surface area contributed by atoms with Crippen molar-refractivity contribution in [2.45, 2.75) is 0 Å². The molecule has 0 saturated heterocycles. The normalized spacial score (nSPS) is 11.3. The van der Waals surface area contributed by atoms with Gasteiger partial charge in [0.05, 0.1) is 16.3 Å². The predicted octanol–water partition coefficient (Wildman–Crippen LogP) is 10.2. The molecular formula is C32H17Br2Cl2N3O4S2. The number of anilines is 1. The monoisotopic (exact) mass is 799 g/mol. The maximum atomic E-state index is 13.0. The standard InChI is InChI=1S/C32H17Br2Cl2N3O4S2/c33-18-8-12-23(43-32(42)29-27(36)21-3-1-2-4-24(21)44-29)17(13-18)15-37-39-30(40)16-5-9-20(10-6-16)38-31(41)28-26(35)22-11-7-19(34)14-25(22)45-28/h1-15H,(H,38,41)(H,39,40)/b37-15-. The van der Waals surface area contributed by atoms with E-state index in [1.54, 1.807) is 42.5 Å². The molecule has 0 fully saturated rings. The number of nitrogens with one attached hydrogen (secondary N) is 2. The average molecular weight is 802 g/mol. The van der Waals surface area contributed by atoms with E-state index in [4.69, 9.17) is 27.9 Å². The van der Waals surface area contributed by atoms with E-state index in [0.29, 0.717) is 31.7 Å². The lowest BCUT2D eigenvalue weighted by Gasteiger charge is -2.08. The number of nitrogens with zero attached hydrogens (tertiary/aromatic N) is 1. The van der Waals surface area contributed by atoms with Crippen molar-refractivity contribution >= 4 is 128 Å². The van der Waals surface area contributed by atoms with E-state index in [9.17, 15) is 14.4 Å². The van der Waals surface area contributed by atoms with E-state index in [-0.39, 0.29) is 16.5 Å². The molecule has 0 unspecified atom stereocenters. The van der Waals surface area contributed by atoms with Gasteiger partial charge in [-0.15, -0.1) is 22.7 Å². The molecule has 2 heterocycles. The highest BCUT2D eigenvalue weighted by molar-refractivity contribution is 9.10. The second-order valence-electron chi connectivity index (χ2n) is 9.43. The number of carbonyl (C=O) groups is 3. The van der Waals surface area contributed by atoms with Gasteiger partial charge in [0.25, 0.3) is 11.8 Å². The number of esters is 1. The molecule has 224 valence electrons. The van der Waals surface area contributed by atoms with Crippen molar-refractivity contribution < 1.29 is 19.1 Å². The summed E-state index contributed by atoms with van der Waals surface area (Å²) in [4.78, 5) is 39.3. The molecule has 6 aromatic rings. The van der Waals surface area contributed by atoms with Crippen LogP contribution in [0, 0.1) is 0 Å². The third-order valence-electron chi connectivity index (χ3n) is 6.47. The first kappa shape index (κ1) is 31.4. The van der Waals surface area contributed by atoms with Crippen molar-refractivity contribution in [3.63, 3.8) is 0 Å². The lowest BCUT2D eigenvalue weighted by molar-refractivity contribution is 0.0739. The fourth-order valence-electron chi connectivity index (χ4n) is 4.31. The molecule has 0 aliphatic carbocycles. The number of amides is 2. The zero-order chi connectivity index (χ0) is 31.7. The number of halogens is 4. The van der Waals surface area contributed by atoms with E-state index in [0.717, 1.165) is 29.1 Å². The minimum absolute atomic E-state index is 0.237. The SMILES string of the molecule is O=C(N/N=C\c1cc(Br)ccc1OC(=O)c1sc2ccccc2c1Cl)c1ccc(NC(=O)c2sc3cc(Br)ccc3c2Cl)cc1. The van der Waals surface area contributed by atoms with Crippen LogP contribution < -0.4 is 15.5 Å². The van der Waals surface area contributed by atoms with Gasteiger partial charge in [-0.05, 0) is 60.7 Å². The first-order valence-corrected chi connectivity index (χ1v) is 17.0. The van der Waals surface area contributed by atoms with Gasteiger partial charge in [-0.3, -0.25) is 9.59 Å². The molecule has 6 rings (SSSR count). The van der Waals surface area contributed by atoms with E-state index >= 15 is 0 Å². The van der Waals surface area contributed by atoms with Crippen LogP contribution in [-0.4, -0.2) is 24.0 Å². The fraction of sp³-hybridized carbons (Fsp3) is 0. The first-order chi connectivity index (χ1) is 21.7. The summed E-state index contributed by atoms with van der Waals surface area (Å²) < 4.78 is 9.04. The van der Waals surface area contributed by atoms with E-state index in [1.165, 1.54) is 28.9 Å². The lowest BCUT2D eigenvalue weighted by Crippen LogP contribution is -2.18. The summed E-state index contributed by atoms with van der Waals surface area (Å²) in [6.07, 6.45) is 1.37. The quantitative estimate of drug-likeness (QED) is 0.0727. The second-order valence-corrected chi connectivity index (χ2v) is 14.1. The summed E-state index contributed by atoms with van der Waals surface area (Å²) in [5, 5.41) is 9.18. The maximum absolute atomic E-state index is 13.0. The molecule has 0 spiro atoms. The number of rotatable bonds is 7. The summed E-state index contributed by atoms with van der Waals surface area (Å²) >= 11 is 22.3. The minimum atomic E-state index is -0.600. The van der Waals surface area contributed by atoms with Gasteiger partial charge in [-0.25, -0.2) is 10.2 Å². The van der Waals surface area contributed by atoms with Crippen molar-refractivity contribution in [3.8, 4) is 5.75 Å². The smallest absolute Gasteiger partial charge is 0.355 e. The van der Waals surface area contributed by atoms with Crippen molar-refractivity contribution in [2.24, 2.45) is 5.10 Å². The molecule has 0 atom stereocenters. The topological polar surface area (TPSA) is 96.9 Å². The van der Waals surface area contributed by atoms with Gasteiger partial charge in [0.2, 0.25) is 0 Å². The Labute approximate surface area is 291 Å². The van der Waals surface area contributed by atoms with Crippen LogP contribution >= 0.6 is 77.7 Å². The number of carbonyl (C=O) groups excluding carboxylic acids is 3. The van der Waals surface area contributed by atoms with Gasteiger partial charge in [-0.1, -0.05) is 79.3 Å². The lowest BCUT2D eigenvalue weighted by atomic mass is 10.2. The molecule has 0 saturated carbocycles. The van der Waals surface area contributed by atoms with Crippen molar-refractivity contribution in [1.82, 2.24) is 5.43 Å². The number of hydrogen-bond donors (Lipinski definition) is 2. The number of thiophene rings is 2. The highest BCUT2D eigenvalue weighted by Gasteiger charge is 2.21. The van der Waals surface area contributed by atoms with Crippen LogP contribution in [0.3, 0.4) is 0 Å². The van der Waals surface area contributed by atoms with Crippen LogP contribution in [0.15, 0.2) is 99.0 Å². The van der Waals surface area contributed by atoms with Crippen LogP contribution in [0.4, 0.5) is 5.69 Å². The number of hydrazone groups is 1. The van der Waals surface area contributed by atoms with Crippen LogP contribution in [0.1, 0.15) is 35.3 Å². The molecule has 0 aliphatic heterocycles. The average Bonchev–Trinajstić information content (AvgIpc) is 3.54. The molecule has 2 N–H and O–H groups in total. The summed E-state index contributed by atoms with van der Waals surface area (Å²) in [6, 6.07) is 24.5. The Morgan fingerprint density at radius 2 is 1.42 bits per heavy atom. The number of hydrogen-bond acceptors (Lipinski definition) is 7. The van der Waals surface area contributed by atoms with Crippen molar-refractivity contribution in [1.29, 1.82) is 0 Å². The van der Waals surface area contributed by atoms with Gasteiger partial charge in [-0.2, -0.15) is 5.10 Å². The molecule has 0 bridgehead atoms. The molecular weight excluding hydrogens is 785 g/mol. The van der Waals surface area contributed by atoms with Crippen molar-refractivity contribution in [2.75, 3.05) is 5.32 Å². The highest BCUT2D eigenvalue weighted by Crippen LogP contribution is 2.38. The Morgan fingerprint density at radius 1 is 0.756 bits per heavy atom. The van der Waals surface area contributed by atoms with Crippen LogP contribution in [-0.2, 0) is 0 Å². The van der Waals surface area contributed by atoms with E-state index < -0.39 is 11.9 Å². The summed E-state index contributed by atoms with van der Waals surface area (Å²) in [7, 11) is 0. The maximum Gasteiger partial charge on any atom is 0.355 e. The largest absolute Gasteiger partial charge is 0.422 e. The van der Waals surface area contributed by atoms with Crippen LogP contribution in [0.2, 0.25) is 10.0 Å². The second kappa shape index (κ2) is 13.4. The predicted molar refractivity (Wildman–Crippen MR) is 190 cm³/mol. The molecule has 0 aliphatic rings. The fourth-order valence-corrected chi connectivity index (χ4v) is 8.04. The number of fused-ring (bicyclic) bond motifs is 2. The Kier molecular flexibility index (Phi) is 9.36. The van der Waals surface area contributed by atoms with Gasteiger partial charge in [0.1, 0.15) is 15.5 Å². The molecule has 2 aromatic heterocycles. The van der Waals surface area contributed by atoms with Gasteiger partial charge >= 0.3 is 5.97 Å². The Bertz CT molecular complexity index is 2160. The summed E-state index contributed by atoms with van der Waals surface area (Å²) in [5.41, 5.74) is 3.72. The molecule has 45 heavy (non-hydrogen) atoms. The Balaban J connectivity index is 1.11. The minimum Gasteiger partial charge on any atom is -0.422 e.